The van der Waals surface area contributed by atoms with Crippen molar-refractivity contribution in [2.75, 3.05) is 6.61 Å². The smallest absolute Gasteiger partial charge is 0.355 e. The van der Waals surface area contributed by atoms with Gasteiger partial charge >= 0.3 is 5.97 Å². The molecule has 2 heterocycles. The fraction of sp³-hybridized carbons (Fsp3) is 0.200. The predicted octanol–water partition coefficient (Wildman–Crippen LogP) is 2.41. The highest BCUT2D eigenvalue weighted by molar-refractivity contribution is 8.04. The number of benzene rings is 2. The zero-order valence-electron chi connectivity index (χ0n) is 19.9. The van der Waals surface area contributed by atoms with Gasteiger partial charge in [0.05, 0.1) is 4.92 Å². The van der Waals surface area contributed by atoms with E-state index in [1.807, 2.05) is 0 Å². The number of rotatable bonds is 10. The van der Waals surface area contributed by atoms with Crippen molar-refractivity contribution in [1.82, 2.24) is 10.2 Å². The van der Waals surface area contributed by atoms with Gasteiger partial charge in [0.1, 0.15) is 35.7 Å². The Hall–Kier alpha value is -4.65. The van der Waals surface area contributed by atoms with Crippen molar-refractivity contribution in [1.29, 1.82) is 0 Å². The van der Waals surface area contributed by atoms with E-state index in [4.69, 9.17) is 14.2 Å². The lowest BCUT2D eigenvalue weighted by Gasteiger charge is -2.49. The first kappa shape index (κ1) is 26.4. The van der Waals surface area contributed by atoms with Gasteiger partial charge in [-0.05, 0) is 42.3 Å². The molecule has 38 heavy (non-hydrogen) atoms. The van der Waals surface area contributed by atoms with E-state index in [-0.39, 0.29) is 31.1 Å². The number of hydrogen-bond donors (Lipinski definition) is 1. The number of nitro groups is 1. The first-order valence-electron chi connectivity index (χ1n) is 11.2. The molecule has 1 saturated heterocycles. The number of nitrogens with zero attached hydrogens (tertiary/aromatic N) is 2. The van der Waals surface area contributed by atoms with Gasteiger partial charge in [-0.2, -0.15) is 0 Å². The monoisotopic (exact) mass is 539 g/mol. The Morgan fingerprint density at radius 3 is 2.53 bits per heavy atom. The molecule has 2 aliphatic heterocycles. The van der Waals surface area contributed by atoms with Crippen molar-refractivity contribution < 1.29 is 38.3 Å². The zero-order chi connectivity index (χ0) is 27.2. The maximum absolute atomic E-state index is 13.1. The Bertz CT molecular complexity index is 1330. The number of ether oxygens (including phenoxy) is 3. The molecule has 196 valence electrons. The van der Waals surface area contributed by atoms with E-state index < -0.39 is 34.1 Å². The maximum Gasteiger partial charge on any atom is 0.355 e. The average Bonchev–Trinajstić information content (AvgIpc) is 2.93. The molecule has 0 saturated carbocycles. The van der Waals surface area contributed by atoms with Crippen LogP contribution in [0.3, 0.4) is 0 Å². The number of para-hydroxylation sites is 1. The third-order valence-electron chi connectivity index (χ3n) is 5.63. The Kier molecular flexibility index (Phi) is 8.06. The first-order chi connectivity index (χ1) is 18.3. The lowest BCUT2D eigenvalue weighted by Crippen LogP contribution is -2.70. The summed E-state index contributed by atoms with van der Waals surface area (Å²) in [6, 6.07) is 13.2. The van der Waals surface area contributed by atoms with Crippen molar-refractivity contribution in [3.05, 3.63) is 92.7 Å². The van der Waals surface area contributed by atoms with E-state index in [1.165, 1.54) is 29.2 Å². The number of nitro benzene ring substituents is 1. The summed E-state index contributed by atoms with van der Waals surface area (Å²) in [4.78, 5) is 61.2. The summed E-state index contributed by atoms with van der Waals surface area (Å²) in [7, 11) is 0. The van der Waals surface area contributed by atoms with Crippen LogP contribution in [0, 0.1) is 10.1 Å². The number of nitrogens with one attached hydrogen (secondary N) is 1. The van der Waals surface area contributed by atoms with Gasteiger partial charge in [-0.25, -0.2) is 4.79 Å². The summed E-state index contributed by atoms with van der Waals surface area (Å²) in [5, 5.41) is 12.7. The van der Waals surface area contributed by atoms with Crippen LogP contribution in [0.1, 0.15) is 12.5 Å². The van der Waals surface area contributed by atoms with Crippen LogP contribution in [-0.4, -0.2) is 52.1 Å². The molecule has 1 N–H and O–H groups in total. The van der Waals surface area contributed by atoms with Gasteiger partial charge in [0, 0.05) is 17.0 Å². The van der Waals surface area contributed by atoms with Crippen LogP contribution in [0.5, 0.6) is 5.75 Å². The zero-order valence-corrected chi connectivity index (χ0v) is 20.7. The minimum atomic E-state index is -0.961. The highest BCUT2D eigenvalue weighted by Gasteiger charge is 2.55. The normalized spacial score (nSPS) is 19.2. The third-order valence-corrected chi connectivity index (χ3v) is 7.01. The van der Waals surface area contributed by atoms with Crippen molar-refractivity contribution in [2.24, 2.45) is 0 Å². The highest BCUT2D eigenvalue weighted by Crippen LogP contribution is 2.46. The number of β-lactam (4-membered cyclic amide) rings is 1. The van der Waals surface area contributed by atoms with Gasteiger partial charge < -0.3 is 19.5 Å². The lowest BCUT2D eigenvalue weighted by molar-refractivity contribution is -0.384. The fourth-order valence-electron chi connectivity index (χ4n) is 3.74. The molecule has 2 aliphatic rings. The molecule has 0 spiro atoms. The molecule has 4 rings (SSSR count). The number of esters is 1. The molecule has 0 bridgehead atoms. The quantitative estimate of drug-likeness (QED) is 0.119. The minimum absolute atomic E-state index is 0.0626. The van der Waals surface area contributed by atoms with E-state index in [2.05, 4.69) is 5.32 Å². The number of hydrogen-bond acceptors (Lipinski definition) is 10. The first-order valence-corrected chi connectivity index (χ1v) is 12.1. The predicted molar refractivity (Wildman–Crippen MR) is 133 cm³/mol. The van der Waals surface area contributed by atoms with E-state index in [1.54, 1.807) is 37.3 Å². The number of fused-ring (bicyclic) bond motifs is 1. The molecular formula is C25H21N3O9S. The largest absolute Gasteiger partial charge is 0.484 e. The molecule has 12 nitrogen and oxygen atoms in total. The molecule has 2 amide bonds. The van der Waals surface area contributed by atoms with Crippen molar-refractivity contribution in [3.8, 4) is 5.75 Å². The molecule has 1 unspecified atom stereocenters. The number of carbonyl (C=O) groups is 4. The van der Waals surface area contributed by atoms with E-state index in [9.17, 15) is 29.3 Å². The van der Waals surface area contributed by atoms with E-state index >= 15 is 0 Å². The summed E-state index contributed by atoms with van der Waals surface area (Å²) in [5.41, 5.74) is 0.673. The number of allylic oxidation sites excluding steroid dienone is 1. The topological polar surface area (TPSA) is 154 Å². The molecule has 0 aromatic heterocycles. The van der Waals surface area contributed by atoms with Crippen LogP contribution in [0.4, 0.5) is 5.69 Å². The molecule has 0 aliphatic carbocycles. The number of carbonyl (C=O) groups excluding carboxylic acids is 4. The summed E-state index contributed by atoms with van der Waals surface area (Å²) in [6.45, 7) is 1.26. The van der Waals surface area contributed by atoms with Gasteiger partial charge in [-0.15, -0.1) is 0 Å². The van der Waals surface area contributed by atoms with E-state index in [0.29, 0.717) is 21.8 Å². The van der Waals surface area contributed by atoms with Crippen molar-refractivity contribution >= 4 is 41.7 Å². The molecule has 2 aromatic carbocycles. The Morgan fingerprint density at radius 2 is 1.87 bits per heavy atom. The second kappa shape index (κ2) is 11.6. The second-order valence-electron chi connectivity index (χ2n) is 8.05. The van der Waals surface area contributed by atoms with Crippen LogP contribution >= 0.6 is 11.8 Å². The molecule has 1 fully saturated rings. The molecule has 2 atom stereocenters. The minimum Gasteiger partial charge on any atom is -0.484 e. The van der Waals surface area contributed by atoms with Gasteiger partial charge in [-0.1, -0.05) is 30.0 Å². The number of amides is 2. The van der Waals surface area contributed by atoms with Gasteiger partial charge in [0.25, 0.3) is 24.0 Å². The summed E-state index contributed by atoms with van der Waals surface area (Å²) >= 11 is 1.13. The standard InChI is InChI=1S/C25H21N3O9S/c1-15-19(12-35-14-29)38-24-21(26-20(30)13-36-18-5-3-2-4-6-18)23(31)27(24)22(15)25(32)37-11-16-7-9-17(10-8-16)28(33)34/h2-10,12,14,21,24H,11,13H2,1H3,(H,26,30)/b19-12+/t21?,24-/m1/s1. The molecular weight excluding hydrogens is 518 g/mol. The fourth-order valence-corrected chi connectivity index (χ4v) is 5.02. The Balaban J connectivity index is 1.46. The number of thioether (sulfide) groups is 1. The van der Waals surface area contributed by atoms with Gasteiger partial charge in [0.2, 0.25) is 0 Å². The molecule has 13 heteroatoms. The van der Waals surface area contributed by atoms with Crippen LogP contribution in [0.25, 0.3) is 0 Å². The van der Waals surface area contributed by atoms with Crippen molar-refractivity contribution in [2.45, 2.75) is 24.9 Å². The summed E-state index contributed by atoms with van der Waals surface area (Å²) in [5.74, 6) is -1.39. The van der Waals surface area contributed by atoms with E-state index in [0.717, 1.165) is 18.0 Å². The maximum atomic E-state index is 13.1. The second-order valence-corrected chi connectivity index (χ2v) is 9.21. The summed E-state index contributed by atoms with van der Waals surface area (Å²) < 4.78 is 15.6. The van der Waals surface area contributed by atoms with Gasteiger partial charge in [0.15, 0.2) is 6.61 Å². The average molecular weight is 540 g/mol. The van der Waals surface area contributed by atoms with Crippen LogP contribution < -0.4 is 10.1 Å². The lowest BCUT2D eigenvalue weighted by atomic mass is 10.0. The Labute approximate surface area is 220 Å². The summed E-state index contributed by atoms with van der Waals surface area (Å²) in [6.07, 6.45) is 1.15. The molecule has 0 radical (unpaired) electrons. The van der Waals surface area contributed by atoms with Crippen LogP contribution in [-0.2, 0) is 35.3 Å². The van der Waals surface area contributed by atoms with Crippen LogP contribution in [0.15, 0.2) is 77.0 Å². The number of non-ortho nitro benzene ring substituents is 1. The third kappa shape index (κ3) is 5.67. The highest BCUT2D eigenvalue weighted by atomic mass is 32.2. The van der Waals surface area contributed by atoms with Gasteiger partial charge in [-0.3, -0.25) is 29.4 Å². The Morgan fingerprint density at radius 1 is 1.16 bits per heavy atom. The SMILES string of the molecule is CC1=C(C(=O)OCc2ccc([N+](=O)[O-])cc2)N2C(=O)C(NC(=O)COc3ccccc3)[C@H]2S/C1=C/OC=O. The van der Waals surface area contributed by atoms with Crippen LogP contribution in [0.2, 0.25) is 0 Å². The molecule has 2 aromatic rings. The van der Waals surface area contributed by atoms with Crippen molar-refractivity contribution in [3.63, 3.8) is 0 Å².